The maximum atomic E-state index is 11.9. The number of halogens is 1. The van der Waals surface area contributed by atoms with E-state index in [9.17, 15) is 4.79 Å². The molecule has 2 rings (SSSR count). The molecule has 1 aliphatic rings. The van der Waals surface area contributed by atoms with Gasteiger partial charge in [-0.3, -0.25) is 4.79 Å². The summed E-state index contributed by atoms with van der Waals surface area (Å²) in [5, 5.41) is 3.45. The van der Waals surface area contributed by atoms with E-state index >= 15 is 0 Å². The summed E-state index contributed by atoms with van der Waals surface area (Å²) in [6.07, 6.45) is 2.36. The maximum Gasteiger partial charge on any atom is 0.252 e. The fourth-order valence-electron chi connectivity index (χ4n) is 2.19. The topological polar surface area (TPSA) is 32.3 Å². The number of likely N-dealkylation sites (tertiary alicyclic amines) is 1. The number of rotatable bonds is 3. The van der Waals surface area contributed by atoms with E-state index in [1.165, 1.54) is 6.42 Å². The quantitative estimate of drug-likeness (QED) is 0.894. The second-order valence-electron chi connectivity index (χ2n) is 4.47. The van der Waals surface area contributed by atoms with Crippen molar-refractivity contribution in [3.8, 4) is 0 Å². The molecule has 0 radical (unpaired) electrons. The number of hydrogen-bond donors (Lipinski definition) is 1. The first-order valence-electron chi connectivity index (χ1n) is 5.91. The van der Waals surface area contributed by atoms with E-state index in [-0.39, 0.29) is 5.91 Å². The highest BCUT2D eigenvalue weighted by Crippen LogP contribution is 2.16. The molecule has 1 atom stereocenters. The molecule has 4 heteroatoms. The van der Waals surface area contributed by atoms with Crippen molar-refractivity contribution in [1.82, 2.24) is 10.2 Å². The first kappa shape index (κ1) is 12.4. The summed E-state index contributed by atoms with van der Waals surface area (Å²) in [4.78, 5) is 14.2. The minimum atomic E-state index is -0.0871. The summed E-state index contributed by atoms with van der Waals surface area (Å²) < 4.78 is 0. The summed E-state index contributed by atoms with van der Waals surface area (Å²) in [7, 11) is 2.10. The molecule has 0 aliphatic carbocycles. The Balaban J connectivity index is 1.91. The standard InChI is InChI=1S/C13H17ClN2O/c1-16-8-4-5-10(16)9-15-13(17)11-6-2-3-7-12(11)14/h2-3,6-7,10H,4-5,8-9H2,1H3,(H,15,17). The number of likely N-dealkylation sites (N-methyl/N-ethyl adjacent to an activating group) is 1. The minimum Gasteiger partial charge on any atom is -0.350 e. The predicted octanol–water partition coefficient (Wildman–Crippen LogP) is 2.16. The molecule has 92 valence electrons. The number of nitrogens with one attached hydrogen (secondary N) is 1. The number of benzene rings is 1. The molecule has 0 saturated carbocycles. The number of amides is 1. The monoisotopic (exact) mass is 252 g/mol. The first-order chi connectivity index (χ1) is 8.18. The van der Waals surface area contributed by atoms with Gasteiger partial charge in [0, 0.05) is 12.6 Å². The predicted molar refractivity (Wildman–Crippen MR) is 69.4 cm³/mol. The molecule has 3 nitrogen and oxygen atoms in total. The molecule has 1 heterocycles. The highest BCUT2D eigenvalue weighted by atomic mass is 35.5. The molecule has 1 saturated heterocycles. The minimum absolute atomic E-state index is 0.0871. The maximum absolute atomic E-state index is 11.9. The number of hydrogen-bond acceptors (Lipinski definition) is 2. The van der Waals surface area contributed by atoms with Gasteiger partial charge in [0.2, 0.25) is 0 Å². The third kappa shape index (κ3) is 2.99. The zero-order valence-corrected chi connectivity index (χ0v) is 10.7. The molecule has 1 aliphatic heterocycles. The Morgan fingerprint density at radius 3 is 2.94 bits per heavy atom. The van der Waals surface area contributed by atoms with Crippen LogP contribution in [-0.2, 0) is 0 Å². The van der Waals surface area contributed by atoms with Gasteiger partial charge in [0.05, 0.1) is 10.6 Å². The van der Waals surface area contributed by atoms with Crippen LogP contribution in [0.4, 0.5) is 0 Å². The lowest BCUT2D eigenvalue weighted by Crippen LogP contribution is -2.38. The molecule has 1 amide bonds. The Morgan fingerprint density at radius 1 is 1.53 bits per heavy atom. The van der Waals surface area contributed by atoms with Crippen LogP contribution in [-0.4, -0.2) is 37.0 Å². The van der Waals surface area contributed by atoms with Gasteiger partial charge < -0.3 is 10.2 Å². The van der Waals surface area contributed by atoms with Crippen molar-refractivity contribution in [2.45, 2.75) is 18.9 Å². The lowest BCUT2D eigenvalue weighted by Gasteiger charge is -2.19. The van der Waals surface area contributed by atoms with E-state index in [4.69, 9.17) is 11.6 Å². The zero-order valence-electron chi connectivity index (χ0n) is 9.95. The van der Waals surface area contributed by atoms with Crippen LogP contribution in [0.3, 0.4) is 0 Å². The molecule has 0 spiro atoms. The van der Waals surface area contributed by atoms with Crippen LogP contribution in [0, 0.1) is 0 Å². The van der Waals surface area contributed by atoms with E-state index in [1.807, 2.05) is 12.1 Å². The van der Waals surface area contributed by atoms with Crippen LogP contribution in [0.5, 0.6) is 0 Å². The van der Waals surface area contributed by atoms with Crippen molar-refractivity contribution in [3.63, 3.8) is 0 Å². The molecule has 1 aromatic carbocycles. The molecular formula is C13H17ClN2O. The van der Waals surface area contributed by atoms with Crippen LogP contribution >= 0.6 is 11.6 Å². The lowest BCUT2D eigenvalue weighted by molar-refractivity contribution is 0.0944. The van der Waals surface area contributed by atoms with Gasteiger partial charge in [-0.1, -0.05) is 23.7 Å². The van der Waals surface area contributed by atoms with Gasteiger partial charge in [0.1, 0.15) is 0 Å². The van der Waals surface area contributed by atoms with Gasteiger partial charge in [-0.15, -0.1) is 0 Å². The van der Waals surface area contributed by atoms with Crippen LogP contribution in [0.2, 0.25) is 5.02 Å². The Morgan fingerprint density at radius 2 is 2.29 bits per heavy atom. The molecule has 1 aromatic rings. The van der Waals surface area contributed by atoms with Crippen LogP contribution in [0.15, 0.2) is 24.3 Å². The normalized spacial score (nSPS) is 20.5. The highest BCUT2D eigenvalue weighted by molar-refractivity contribution is 6.33. The lowest BCUT2D eigenvalue weighted by atomic mass is 10.2. The van der Waals surface area contributed by atoms with Crippen LogP contribution < -0.4 is 5.32 Å². The fraction of sp³-hybridized carbons (Fsp3) is 0.462. The van der Waals surface area contributed by atoms with E-state index in [1.54, 1.807) is 12.1 Å². The SMILES string of the molecule is CN1CCCC1CNC(=O)c1ccccc1Cl. The average Bonchev–Trinajstić information content (AvgIpc) is 2.72. The third-order valence-corrected chi connectivity index (χ3v) is 3.62. The largest absolute Gasteiger partial charge is 0.350 e. The summed E-state index contributed by atoms with van der Waals surface area (Å²) in [6.45, 7) is 1.81. The smallest absolute Gasteiger partial charge is 0.252 e. The summed E-state index contributed by atoms with van der Waals surface area (Å²) in [5.41, 5.74) is 0.551. The van der Waals surface area contributed by atoms with Gasteiger partial charge >= 0.3 is 0 Å². The fourth-order valence-corrected chi connectivity index (χ4v) is 2.41. The summed E-state index contributed by atoms with van der Waals surface area (Å²) in [6, 6.07) is 7.59. The van der Waals surface area contributed by atoms with Crippen molar-refractivity contribution in [1.29, 1.82) is 0 Å². The number of carbonyl (C=O) groups excluding carboxylic acids is 1. The summed E-state index contributed by atoms with van der Waals surface area (Å²) >= 11 is 5.97. The van der Waals surface area contributed by atoms with Crippen molar-refractivity contribution < 1.29 is 4.79 Å². The second kappa shape index (κ2) is 5.52. The molecule has 0 aromatic heterocycles. The molecule has 0 bridgehead atoms. The molecule has 1 fully saturated rings. The van der Waals surface area contributed by atoms with E-state index in [0.717, 1.165) is 13.0 Å². The highest BCUT2D eigenvalue weighted by Gasteiger charge is 2.21. The summed E-state index contributed by atoms with van der Waals surface area (Å²) in [5.74, 6) is -0.0871. The van der Waals surface area contributed by atoms with E-state index < -0.39 is 0 Å². The van der Waals surface area contributed by atoms with E-state index in [2.05, 4.69) is 17.3 Å². The number of nitrogens with zero attached hydrogens (tertiary/aromatic N) is 1. The van der Waals surface area contributed by atoms with Crippen molar-refractivity contribution >= 4 is 17.5 Å². The Bertz CT molecular complexity index is 408. The van der Waals surface area contributed by atoms with Gasteiger partial charge in [0.25, 0.3) is 5.91 Å². The first-order valence-corrected chi connectivity index (χ1v) is 6.29. The zero-order chi connectivity index (χ0) is 12.3. The van der Waals surface area contributed by atoms with Gasteiger partial charge in [0.15, 0.2) is 0 Å². The Kier molecular flexibility index (Phi) is 4.02. The molecular weight excluding hydrogens is 236 g/mol. The van der Waals surface area contributed by atoms with E-state index in [0.29, 0.717) is 23.2 Å². The van der Waals surface area contributed by atoms with Gasteiger partial charge in [-0.25, -0.2) is 0 Å². The molecule has 17 heavy (non-hydrogen) atoms. The molecule has 1 N–H and O–H groups in total. The second-order valence-corrected chi connectivity index (χ2v) is 4.87. The van der Waals surface area contributed by atoms with Crippen LogP contribution in [0.1, 0.15) is 23.2 Å². The Labute approximate surface area is 107 Å². The number of carbonyl (C=O) groups is 1. The van der Waals surface area contributed by atoms with Crippen molar-refractivity contribution in [2.75, 3.05) is 20.1 Å². The Hall–Kier alpha value is -1.06. The van der Waals surface area contributed by atoms with Crippen molar-refractivity contribution in [3.05, 3.63) is 34.9 Å². The van der Waals surface area contributed by atoms with Gasteiger partial charge in [-0.05, 0) is 38.6 Å². The van der Waals surface area contributed by atoms with Crippen molar-refractivity contribution in [2.24, 2.45) is 0 Å². The molecule has 1 unspecified atom stereocenters. The average molecular weight is 253 g/mol. The van der Waals surface area contributed by atoms with Gasteiger partial charge in [-0.2, -0.15) is 0 Å². The van der Waals surface area contributed by atoms with Crippen LogP contribution in [0.25, 0.3) is 0 Å². The third-order valence-electron chi connectivity index (χ3n) is 3.29.